The van der Waals surface area contributed by atoms with E-state index in [1.807, 2.05) is 24.3 Å². The Balaban J connectivity index is 1.87. The lowest BCUT2D eigenvalue weighted by Gasteiger charge is -2.14. The molecule has 1 aromatic heterocycles. The van der Waals surface area contributed by atoms with Crippen molar-refractivity contribution in [1.82, 2.24) is 15.4 Å². The van der Waals surface area contributed by atoms with Gasteiger partial charge >= 0.3 is 0 Å². The first-order valence-corrected chi connectivity index (χ1v) is 9.31. The SMILES string of the molecule is COc1cc2ncnc(Nc3ccccc3Br)c2cc1OCCCC(=O)NO. The smallest absolute Gasteiger partial charge is 0.243 e. The molecule has 2 aromatic carbocycles. The van der Waals surface area contributed by atoms with E-state index >= 15 is 0 Å². The number of anilines is 2. The fourth-order valence-electron chi connectivity index (χ4n) is 2.60. The van der Waals surface area contributed by atoms with E-state index in [2.05, 4.69) is 31.2 Å². The van der Waals surface area contributed by atoms with Gasteiger partial charge in [0, 0.05) is 22.3 Å². The maximum absolute atomic E-state index is 11.1. The Bertz CT molecular complexity index is 983. The summed E-state index contributed by atoms with van der Waals surface area (Å²) in [6.45, 7) is 0.288. The Morgan fingerprint density at radius 3 is 2.79 bits per heavy atom. The number of hydroxylamine groups is 1. The Morgan fingerprint density at radius 1 is 1.21 bits per heavy atom. The van der Waals surface area contributed by atoms with E-state index in [1.54, 1.807) is 24.7 Å². The summed E-state index contributed by atoms with van der Waals surface area (Å²) in [4.78, 5) is 19.8. The Morgan fingerprint density at radius 2 is 2.04 bits per heavy atom. The molecule has 0 aliphatic heterocycles. The number of nitrogens with zero attached hydrogens (tertiary/aromatic N) is 2. The van der Waals surface area contributed by atoms with Gasteiger partial charge in [0.05, 0.1) is 24.9 Å². The third-order valence-corrected chi connectivity index (χ3v) is 4.67. The number of carbonyl (C=O) groups is 1. The van der Waals surface area contributed by atoms with Gasteiger partial charge in [-0.15, -0.1) is 0 Å². The Labute approximate surface area is 170 Å². The lowest BCUT2D eigenvalue weighted by Crippen LogP contribution is -2.18. The van der Waals surface area contributed by atoms with E-state index < -0.39 is 5.91 Å². The molecule has 0 atom stereocenters. The fraction of sp³-hybridized carbons (Fsp3) is 0.211. The van der Waals surface area contributed by atoms with Crippen LogP contribution in [0.15, 0.2) is 47.2 Å². The number of fused-ring (bicyclic) bond motifs is 1. The number of benzene rings is 2. The summed E-state index contributed by atoms with van der Waals surface area (Å²) >= 11 is 3.51. The van der Waals surface area contributed by atoms with Crippen LogP contribution in [0.1, 0.15) is 12.8 Å². The minimum atomic E-state index is -0.456. The molecular weight excluding hydrogens is 428 g/mol. The average Bonchev–Trinajstić information content (AvgIpc) is 2.72. The van der Waals surface area contributed by atoms with Gasteiger partial charge in [-0.2, -0.15) is 0 Å². The van der Waals surface area contributed by atoms with Gasteiger partial charge < -0.3 is 14.8 Å². The van der Waals surface area contributed by atoms with Crippen molar-refractivity contribution < 1.29 is 19.5 Å². The molecule has 0 saturated heterocycles. The largest absolute Gasteiger partial charge is 0.493 e. The minimum Gasteiger partial charge on any atom is -0.493 e. The van der Waals surface area contributed by atoms with Crippen molar-refractivity contribution in [3.05, 3.63) is 47.2 Å². The van der Waals surface area contributed by atoms with Crippen LogP contribution >= 0.6 is 15.9 Å². The number of carbonyl (C=O) groups excluding carboxylic acids is 1. The summed E-state index contributed by atoms with van der Waals surface area (Å²) in [6, 6.07) is 11.3. The van der Waals surface area contributed by atoms with Crippen molar-refractivity contribution in [3.63, 3.8) is 0 Å². The molecule has 3 rings (SSSR count). The second-order valence-corrected chi connectivity index (χ2v) is 6.69. The van der Waals surface area contributed by atoms with Crippen LogP contribution < -0.4 is 20.3 Å². The number of amides is 1. The van der Waals surface area contributed by atoms with Gasteiger partial charge in [0.25, 0.3) is 0 Å². The molecule has 28 heavy (non-hydrogen) atoms. The molecule has 1 heterocycles. The van der Waals surface area contributed by atoms with Gasteiger partial charge in [-0.05, 0) is 40.5 Å². The molecule has 3 aromatic rings. The number of methoxy groups -OCH3 is 1. The normalized spacial score (nSPS) is 10.5. The van der Waals surface area contributed by atoms with Crippen molar-refractivity contribution in [3.8, 4) is 11.5 Å². The molecule has 0 spiro atoms. The summed E-state index contributed by atoms with van der Waals surface area (Å²) in [6.07, 6.45) is 2.08. The average molecular weight is 447 g/mol. The first kappa shape index (κ1) is 19.8. The molecular formula is C19H19BrN4O4. The van der Waals surface area contributed by atoms with Crippen LogP contribution in [0.4, 0.5) is 11.5 Å². The zero-order valence-corrected chi connectivity index (χ0v) is 16.7. The number of hydrogen-bond donors (Lipinski definition) is 3. The Kier molecular flexibility index (Phi) is 6.62. The number of nitrogens with one attached hydrogen (secondary N) is 2. The third-order valence-electron chi connectivity index (χ3n) is 3.98. The molecule has 3 N–H and O–H groups in total. The van der Waals surface area contributed by atoms with Gasteiger partial charge in [-0.3, -0.25) is 10.0 Å². The van der Waals surface area contributed by atoms with Gasteiger partial charge in [0.2, 0.25) is 5.91 Å². The standard InChI is InChI=1S/C19H19BrN4O4/c1-27-16-10-15-12(9-17(16)28-8-4-7-18(25)24-26)19(22-11-21-15)23-14-6-3-2-5-13(14)20/h2-3,5-6,9-11,26H,4,7-8H2,1H3,(H,24,25)(H,21,22,23). The van der Waals surface area contributed by atoms with E-state index in [0.29, 0.717) is 29.3 Å². The third kappa shape index (κ3) is 4.68. The maximum Gasteiger partial charge on any atom is 0.243 e. The second-order valence-electron chi connectivity index (χ2n) is 5.83. The van der Waals surface area contributed by atoms with Gasteiger partial charge in [0.1, 0.15) is 12.1 Å². The summed E-state index contributed by atoms with van der Waals surface area (Å²) in [5.41, 5.74) is 3.17. The molecule has 0 fully saturated rings. The monoisotopic (exact) mass is 446 g/mol. The Hall–Kier alpha value is -2.91. The number of hydrogen-bond acceptors (Lipinski definition) is 7. The van der Waals surface area contributed by atoms with Gasteiger partial charge in [-0.1, -0.05) is 12.1 Å². The molecule has 0 aliphatic rings. The molecule has 0 bridgehead atoms. The molecule has 8 nitrogen and oxygen atoms in total. The van der Waals surface area contributed by atoms with Gasteiger partial charge in [-0.25, -0.2) is 15.4 Å². The van der Waals surface area contributed by atoms with Crippen LogP contribution in [-0.4, -0.2) is 34.8 Å². The first-order valence-electron chi connectivity index (χ1n) is 8.52. The van der Waals surface area contributed by atoms with Crippen LogP contribution in [0.3, 0.4) is 0 Å². The summed E-state index contributed by atoms with van der Waals surface area (Å²) in [5, 5.41) is 12.6. The predicted molar refractivity (Wildman–Crippen MR) is 108 cm³/mol. The van der Waals surface area contributed by atoms with Crippen LogP contribution in [0.5, 0.6) is 11.5 Å². The van der Waals surface area contributed by atoms with Crippen molar-refractivity contribution in [2.45, 2.75) is 12.8 Å². The number of para-hydroxylation sites is 1. The molecule has 146 valence electrons. The van der Waals surface area contributed by atoms with Crippen molar-refractivity contribution >= 4 is 44.2 Å². The highest BCUT2D eigenvalue weighted by atomic mass is 79.9. The number of aromatic nitrogens is 2. The highest BCUT2D eigenvalue weighted by molar-refractivity contribution is 9.10. The molecule has 0 aliphatic carbocycles. The molecule has 0 radical (unpaired) electrons. The number of rotatable bonds is 8. The minimum absolute atomic E-state index is 0.157. The lowest BCUT2D eigenvalue weighted by atomic mass is 10.2. The molecule has 0 saturated carbocycles. The van der Waals surface area contributed by atoms with E-state index in [-0.39, 0.29) is 13.0 Å². The van der Waals surface area contributed by atoms with Crippen molar-refractivity contribution in [2.24, 2.45) is 0 Å². The fourth-order valence-corrected chi connectivity index (χ4v) is 2.98. The zero-order valence-electron chi connectivity index (χ0n) is 15.1. The van der Waals surface area contributed by atoms with E-state index in [0.717, 1.165) is 15.5 Å². The van der Waals surface area contributed by atoms with E-state index in [4.69, 9.17) is 14.7 Å². The first-order chi connectivity index (χ1) is 13.6. The van der Waals surface area contributed by atoms with Crippen LogP contribution in [0, 0.1) is 0 Å². The van der Waals surface area contributed by atoms with Crippen LogP contribution in [0.2, 0.25) is 0 Å². The highest BCUT2D eigenvalue weighted by Crippen LogP contribution is 2.35. The van der Waals surface area contributed by atoms with Crippen LogP contribution in [-0.2, 0) is 4.79 Å². The number of ether oxygens (including phenoxy) is 2. The maximum atomic E-state index is 11.1. The predicted octanol–water partition coefficient (Wildman–Crippen LogP) is 3.81. The zero-order chi connectivity index (χ0) is 19.9. The lowest BCUT2D eigenvalue weighted by molar-refractivity contribution is -0.129. The molecule has 0 unspecified atom stereocenters. The van der Waals surface area contributed by atoms with Gasteiger partial charge in [0.15, 0.2) is 11.5 Å². The quantitative estimate of drug-likeness (QED) is 0.274. The number of halogens is 1. The van der Waals surface area contributed by atoms with E-state index in [1.165, 1.54) is 6.33 Å². The molecule has 9 heteroatoms. The van der Waals surface area contributed by atoms with Crippen LogP contribution in [0.25, 0.3) is 10.9 Å². The van der Waals surface area contributed by atoms with Crippen molar-refractivity contribution in [1.29, 1.82) is 0 Å². The summed E-state index contributed by atoms with van der Waals surface area (Å²) < 4.78 is 12.1. The topological polar surface area (TPSA) is 106 Å². The summed E-state index contributed by atoms with van der Waals surface area (Å²) in [7, 11) is 1.55. The van der Waals surface area contributed by atoms with E-state index in [9.17, 15) is 4.79 Å². The van der Waals surface area contributed by atoms with Crippen molar-refractivity contribution in [2.75, 3.05) is 19.0 Å². The second kappa shape index (κ2) is 9.34. The molecule has 1 amide bonds. The summed E-state index contributed by atoms with van der Waals surface area (Å²) in [5.74, 6) is 1.22. The highest BCUT2D eigenvalue weighted by Gasteiger charge is 2.13.